The molecule has 4 rings (SSSR count). The fraction of sp³-hybridized carbons (Fsp3) is 0.118. The average molecular weight is 398 g/mol. The highest BCUT2D eigenvalue weighted by molar-refractivity contribution is 7.98. The van der Waals surface area contributed by atoms with Crippen LogP contribution in [0.15, 0.2) is 50.5 Å². The zero-order chi connectivity index (χ0) is 19.0. The number of thiazole rings is 1. The maximum absolute atomic E-state index is 12.3. The highest BCUT2D eigenvalue weighted by Crippen LogP contribution is 2.22. The number of anilines is 1. The number of nitrogens with two attached hydrogens (primary N) is 1. The Morgan fingerprint density at radius 2 is 2.07 bits per heavy atom. The molecule has 0 radical (unpaired) electrons. The highest BCUT2D eigenvalue weighted by atomic mass is 32.2. The molecule has 0 bridgehead atoms. The van der Waals surface area contributed by atoms with Crippen LogP contribution < -0.4 is 16.9 Å². The van der Waals surface area contributed by atoms with E-state index in [0.29, 0.717) is 32.8 Å². The third kappa shape index (κ3) is 3.36. The average Bonchev–Trinajstić information content (AvgIpc) is 3.02. The second kappa shape index (κ2) is 6.97. The van der Waals surface area contributed by atoms with Gasteiger partial charge in [-0.15, -0.1) is 21.5 Å². The number of rotatable bonds is 4. The van der Waals surface area contributed by atoms with E-state index >= 15 is 0 Å². The summed E-state index contributed by atoms with van der Waals surface area (Å²) in [5.74, 6) is 0.389. The molecule has 0 spiro atoms. The Morgan fingerprint density at radius 3 is 2.85 bits per heavy atom. The highest BCUT2D eigenvalue weighted by Gasteiger charge is 2.12. The number of aryl methyl sites for hydroxylation is 1. The summed E-state index contributed by atoms with van der Waals surface area (Å²) in [5.41, 5.74) is 8.04. The summed E-state index contributed by atoms with van der Waals surface area (Å²) in [5, 5.41) is 10.3. The van der Waals surface area contributed by atoms with E-state index in [9.17, 15) is 9.59 Å². The lowest BCUT2D eigenvalue weighted by Crippen LogP contribution is -2.16. The van der Waals surface area contributed by atoms with E-state index in [0.717, 1.165) is 5.69 Å². The zero-order valence-electron chi connectivity index (χ0n) is 14.2. The molecule has 0 amide bonds. The fourth-order valence-corrected chi connectivity index (χ4v) is 4.18. The third-order valence-electron chi connectivity index (χ3n) is 3.88. The molecule has 0 saturated carbocycles. The fourth-order valence-electron chi connectivity index (χ4n) is 2.59. The molecule has 3 N–H and O–H groups in total. The molecule has 136 valence electrons. The van der Waals surface area contributed by atoms with E-state index in [1.807, 2.05) is 12.3 Å². The van der Waals surface area contributed by atoms with Gasteiger partial charge in [0.2, 0.25) is 0 Å². The van der Waals surface area contributed by atoms with Crippen LogP contribution in [0.5, 0.6) is 0 Å². The summed E-state index contributed by atoms with van der Waals surface area (Å²) in [4.78, 5) is 32.4. The van der Waals surface area contributed by atoms with Crippen molar-refractivity contribution in [1.82, 2.24) is 24.6 Å². The van der Waals surface area contributed by atoms with Gasteiger partial charge in [-0.1, -0.05) is 30.0 Å². The Labute approximate surface area is 161 Å². The Kier molecular flexibility index (Phi) is 4.50. The van der Waals surface area contributed by atoms with E-state index in [2.05, 4.69) is 20.2 Å². The number of aromatic amines is 1. The number of thioether (sulfide) groups is 1. The molecule has 0 fully saturated rings. The van der Waals surface area contributed by atoms with Gasteiger partial charge in [-0.2, -0.15) is 0 Å². The number of nitrogens with one attached hydrogen (secondary N) is 1. The van der Waals surface area contributed by atoms with Crippen molar-refractivity contribution >= 4 is 33.7 Å². The molecule has 0 aliphatic carbocycles. The monoisotopic (exact) mass is 398 g/mol. The van der Waals surface area contributed by atoms with E-state index in [4.69, 9.17) is 5.73 Å². The van der Waals surface area contributed by atoms with Crippen LogP contribution in [0.25, 0.3) is 16.2 Å². The van der Waals surface area contributed by atoms with E-state index in [-0.39, 0.29) is 16.8 Å². The van der Waals surface area contributed by atoms with Crippen LogP contribution in [0.1, 0.15) is 11.4 Å². The zero-order valence-corrected chi connectivity index (χ0v) is 15.8. The van der Waals surface area contributed by atoms with Gasteiger partial charge in [0.1, 0.15) is 0 Å². The predicted molar refractivity (Wildman–Crippen MR) is 106 cm³/mol. The summed E-state index contributed by atoms with van der Waals surface area (Å²) in [7, 11) is 0. The quantitative estimate of drug-likeness (QED) is 0.399. The first-order valence-corrected chi connectivity index (χ1v) is 9.81. The number of hydrogen-bond acceptors (Lipinski definition) is 8. The van der Waals surface area contributed by atoms with Crippen LogP contribution >= 0.6 is 23.1 Å². The van der Waals surface area contributed by atoms with E-state index in [1.165, 1.54) is 29.2 Å². The largest absolute Gasteiger partial charge is 0.398 e. The van der Waals surface area contributed by atoms with Gasteiger partial charge in [0.05, 0.1) is 5.69 Å². The van der Waals surface area contributed by atoms with Crippen molar-refractivity contribution in [3.8, 4) is 11.3 Å². The van der Waals surface area contributed by atoms with Crippen molar-refractivity contribution in [1.29, 1.82) is 0 Å². The summed E-state index contributed by atoms with van der Waals surface area (Å²) in [6, 6.07) is 8.47. The van der Waals surface area contributed by atoms with E-state index < -0.39 is 0 Å². The Bertz CT molecular complexity index is 1260. The molecule has 0 saturated heterocycles. The van der Waals surface area contributed by atoms with Crippen molar-refractivity contribution < 1.29 is 0 Å². The molecule has 4 aromatic rings. The first-order chi connectivity index (χ1) is 13.0. The van der Waals surface area contributed by atoms with Crippen molar-refractivity contribution in [2.45, 2.75) is 17.8 Å². The molecule has 1 aromatic carbocycles. The molecule has 0 aliphatic rings. The SMILES string of the molecule is Cc1csc2nc(CSc3nnc(-c4ccccc4N)c(=O)[nH]3)cc(=O)n12. The molecule has 0 unspecified atom stereocenters. The Morgan fingerprint density at radius 1 is 1.26 bits per heavy atom. The summed E-state index contributed by atoms with van der Waals surface area (Å²) >= 11 is 2.67. The maximum atomic E-state index is 12.3. The van der Waals surface area contributed by atoms with Crippen LogP contribution in [-0.2, 0) is 5.75 Å². The van der Waals surface area contributed by atoms with Gasteiger partial charge in [-0.3, -0.25) is 19.0 Å². The molecule has 8 nitrogen and oxygen atoms in total. The Balaban J connectivity index is 1.57. The molecule has 10 heteroatoms. The van der Waals surface area contributed by atoms with Crippen LogP contribution in [0.3, 0.4) is 0 Å². The van der Waals surface area contributed by atoms with Crippen LogP contribution in [0.4, 0.5) is 5.69 Å². The molecule has 0 aliphatic heterocycles. The number of H-pyrrole nitrogens is 1. The molecular weight excluding hydrogens is 384 g/mol. The number of hydrogen-bond donors (Lipinski definition) is 2. The first kappa shape index (κ1) is 17.4. The number of nitrogens with zero attached hydrogens (tertiary/aromatic N) is 4. The van der Waals surface area contributed by atoms with E-state index in [1.54, 1.807) is 28.7 Å². The maximum Gasteiger partial charge on any atom is 0.278 e. The van der Waals surface area contributed by atoms with Gasteiger partial charge in [0.15, 0.2) is 15.8 Å². The number of nitrogen functional groups attached to an aromatic ring is 1. The summed E-state index contributed by atoms with van der Waals surface area (Å²) in [6.07, 6.45) is 0. The molecule has 0 atom stereocenters. The van der Waals surface area contributed by atoms with Crippen LogP contribution in [-0.4, -0.2) is 24.6 Å². The summed E-state index contributed by atoms with van der Waals surface area (Å²) in [6.45, 7) is 1.86. The topological polar surface area (TPSA) is 119 Å². The Hall–Kier alpha value is -2.98. The minimum Gasteiger partial charge on any atom is -0.398 e. The number of para-hydroxylation sites is 1. The van der Waals surface area contributed by atoms with Crippen molar-refractivity contribution in [2.24, 2.45) is 0 Å². The number of benzene rings is 1. The normalized spacial score (nSPS) is 11.1. The smallest absolute Gasteiger partial charge is 0.278 e. The predicted octanol–water partition coefficient (Wildman–Crippen LogP) is 2.08. The van der Waals surface area contributed by atoms with Crippen LogP contribution in [0.2, 0.25) is 0 Å². The van der Waals surface area contributed by atoms with Gasteiger partial charge in [0, 0.05) is 34.1 Å². The lowest BCUT2D eigenvalue weighted by Gasteiger charge is -2.04. The summed E-state index contributed by atoms with van der Waals surface area (Å²) < 4.78 is 1.57. The van der Waals surface area contributed by atoms with Crippen molar-refractivity contribution in [2.75, 3.05) is 5.73 Å². The van der Waals surface area contributed by atoms with Gasteiger partial charge in [0.25, 0.3) is 11.1 Å². The number of fused-ring (bicyclic) bond motifs is 1. The van der Waals surface area contributed by atoms with Crippen LogP contribution in [0, 0.1) is 6.92 Å². The third-order valence-corrected chi connectivity index (χ3v) is 5.72. The lowest BCUT2D eigenvalue weighted by atomic mass is 10.1. The number of aromatic nitrogens is 5. The second-order valence-electron chi connectivity index (χ2n) is 5.76. The van der Waals surface area contributed by atoms with Crippen molar-refractivity contribution in [3.63, 3.8) is 0 Å². The minimum absolute atomic E-state index is 0.121. The second-order valence-corrected chi connectivity index (χ2v) is 7.57. The minimum atomic E-state index is -0.372. The van der Waals surface area contributed by atoms with Gasteiger partial charge in [-0.05, 0) is 13.0 Å². The standard InChI is InChI=1S/C17H14N6O2S2/c1-9-7-27-17-19-10(6-13(24)23(9)17)8-26-16-20-15(25)14(21-22-16)11-4-2-3-5-12(11)18/h2-7H,8,18H2,1H3,(H,20,22,25). The lowest BCUT2D eigenvalue weighted by molar-refractivity contribution is 0.823. The van der Waals surface area contributed by atoms with Gasteiger partial charge >= 0.3 is 0 Å². The van der Waals surface area contributed by atoms with Gasteiger partial charge in [-0.25, -0.2) is 4.98 Å². The molecule has 3 aromatic heterocycles. The first-order valence-electron chi connectivity index (χ1n) is 7.94. The van der Waals surface area contributed by atoms with Gasteiger partial charge < -0.3 is 5.73 Å². The molecule has 3 heterocycles. The molecule has 27 heavy (non-hydrogen) atoms. The molecular formula is C17H14N6O2S2. The van der Waals surface area contributed by atoms with Crippen molar-refractivity contribution in [3.05, 3.63) is 67.8 Å².